The highest BCUT2D eigenvalue weighted by Crippen LogP contribution is 2.22. The fourth-order valence-electron chi connectivity index (χ4n) is 1.67. The van der Waals surface area contributed by atoms with Crippen LogP contribution in [0, 0.1) is 0 Å². The van der Waals surface area contributed by atoms with E-state index in [0.717, 1.165) is 5.69 Å². The van der Waals surface area contributed by atoms with Crippen LogP contribution in [0.2, 0.25) is 5.02 Å². The van der Waals surface area contributed by atoms with Crippen LogP contribution in [0.1, 0.15) is 6.42 Å². The maximum atomic E-state index is 8.62. The van der Waals surface area contributed by atoms with E-state index in [-0.39, 0.29) is 5.84 Å². The van der Waals surface area contributed by atoms with E-state index in [1.54, 1.807) is 0 Å². The third-order valence-corrected chi connectivity index (χ3v) is 2.83. The van der Waals surface area contributed by atoms with Gasteiger partial charge in [-0.1, -0.05) is 35.0 Å². The first-order valence-electron chi connectivity index (χ1n) is 5.97. The molecule has 0 aliphatic heterocycles. The Bertz CT molecular complexity index is 573. The van der Waals surface area contributed by atoms with Crippen molar-refractivity contribution in [3.63, 3.8) is 0 Å². The molecule has 0 aliphatic carbocycles. The standard InChI is InChI=1S/C13H14ClN5O/c14-10-8-16-13(17-9-10)19(7-6-12(15)18-20)11-4-2-1-3-5-11/h1-5,8-9,20H,6-7H2,(H2,15,18). The normalized spacial score (nSPS) is 11.3. The van der Waals surface area contributed by atoms with E-state index in [4.69, 9.17) is 22.5 Å². The lowest BCUT2D eigenvalue weighted by atomic mass is 10.2. The Balaban J connectivity index is 2.26. The Labute approximate surface area is 121 Å². The van der Waals surface area contributed by atoms with Gasteiger partial charge in [0, 0.05) is 18.7 Å². The van der Waals surface area contributed by atoms with Gasteiger partial charge in [-0.2, -0.15) is 0 Å². The highest BCUT2D eigenvalue weighted by molar-refractivity contribution is 6.30. The Hall–Kier alpha value is -2.34. The molecule has 0 atom stereocenters. The third-order valence-electron chi connectivity index (χ3n) is 2.64. The molecule has 20 heavy (non-hydrogen) atoms. The van der Waals surface area contributed by atoms with Gasteiger partial charge in [0.2, 0.25) is 5.95 Å². The van der Waals surface area contributed by atoms with E-state index in [1.165, 1.54) is 12.4 Å². The predicted molar refractivity (Wildman–Crippen MR) is 78.5 cm³/mol. The van der Waals surface area contributed by atoms with E-state index >= 15 is 0 Å². The summed E-state index contributed by atoms with van der Waals surface area (Å²) in [6.07, 6.45) is 3.45. The SMILES string of the molecule is N/C(CCN(c1ccccc1)c1ncc(Cl)cn1)=N/O. The van der Waals surface area contributed by atoms with Crippen molar-refractivity contribution >= 4 is 29.1 Å². The van der Waals surface area contributed by atoms with Gasteiger partial charge in [-0.25, -0.2) is 9.97 Å². The molecule has 0 spiro atoms. The summed E-state index contributed by atoms with van der Waals surface area (Å²) < 4.78 is 0. The Kier molecular flexibility index (Phi) is 4.73. The van der Waals surface area contributed by atoms with Gasteiger partial charge in [0.25, 0.3) is 0 Å². The van der Waals surface area contributed by atoms with Crippen molar-refractivity contribution in [3.8, 4) is 0 Å². The zero-order valence-electron chi connectivity index (χ0n) is 10.6. The van der Waals surface area contributed by atoms with Crippen molar-refractivity contribution < 1.29 is 5.21 Å². The second-order valence-corrected chi connectivity index (χ2v) is 4.47. The molecule has 0 saturated carbocycles. The topological polar surface area (TPSA) is 87.6 Å². The number of aromatic nitrogens is 2. The molecule has 0 radical (unpaired) electrons. The van der Waals surface area contributed by atoms with Crippen LogP contribution in [0.15, 0.2) is 47.9 Å². The lowest BCUT2D eigenvalue weighted by molar-refractivity contribution is 0.317. The molecule has 0 unspecified atom stereocenters. The first-order valence-corrected chi connectivity index (χ1v) is 6.35. The van der Waals surface area contributed by atoms with Crippen LogP contribution >= 0.6 is 11.6 Å². The number of nitrogens with two attached hydrogens (primary N) is 1. The number of oxime groups is 1. The van der Waals surface area contributed by atoms with Gasteiger partial charge < -0.3 is 15.8 Å². The quantitative estimate of drug-likeness (QED) is 0.382. The molecule has 1 aromatic carbocycles. The number of hydrogen-bond donors (Lipinski definition) is 2. The van der Waals surface area contributed by atoms with Crippen LogP contribution in [-0.2, 0) is 0 Å². The van der Waals surface area contributed by atoms with Crippen LogP contribution in [-0.4, -0.2) is 27.6 Å². The average molecular weight is 292 g/mol. The minimum absolute atomic E-state index is 0.153. The van der Waals surface area contributed by atoms with E-state index in [1.807, 2.05) is 35.2 Å². The molecular weight excluding hydrogens is 278 g/mol. The van der Waals surface area contributed by atoms with E-state index in [2.05, 4.69) is 15.1 Å². The first-order chi connectivity index (χ1) is 9.70. The molecular formula is C13H14ClN5O. The second kappa shape index (κ2) is 6.72. The number of hydrogen-bond acceptors (Lipinski definition) is 5. The van der Waals surface area contributed by atoms with Crippen molar-refractivity contribution in [2.24, 2.45) is 10.9 Å². The van der Waals surface area contributed by atoms with Gasteiger partial charge in [0.15, 0.2) is 0 Å². The van der Waals surface area contributed by atoms with Crippen LogP contribution in [0.3, 0.4) is 0 Å². The summed E-state index contributed by atoms with van der Waals surface area (Å²) in [4.78, 5) is 10.3. The first kappa shape index (κ1) is 14.1. The molecule has 2 aromatic rings. The minimum atomic E-state index is 0.153. The van der Waals surface area contributed by atoms with Crippen LogP contribution in [0.5, 0.6) is 0 Å². The molecule has 2 rings (SSSR count). The highest BCUT2D eigenvalue weighted by atomic mass is 35.5. The number of anilines is 2. The molecule has 0 amide bonds. The average Bonchev–Trinajstić information content (AvgIpc) is 2.50. The largest absolute Gasteiger partial charge is 0.409 e. The van der Waals surface area contributed by atoms with Crippen molar-refractivity contribution in [1.29, 1.82) is 0 Å². The zero-order valence-corrected chi connectivity index (χ0v) is 11.4. The van der Waals surface area contributed by atoms with Crippen LogP contribution in [0.4, 0.5) is 11.6 Å². The molecule has 104 valence electrons. The van der Waals surface area contributed by atoms with Gasteiger partial charge in [-0.05, 0) is 12.1 Å². The molecule has 7 heteroatoms. The number of amidine groups is 1. The fourth-order valence-corrected chi connectivity index (χ4v) is 1.77. The van der Waals surface area contributed by atoms with Crippen LogP contribution < -0.4 is 10.6 Å². The lowest BCUT2D eigenvalue weighted by Crippen LogP contribution is -2.25. The Morgan fingerprint density at radius 2 is 1.90 bits per heavy atom. The maximum absolute atomic E-state index is 8.62. The Morgan fingerprint density at radius 1 is 1.25 bits per heavy atom. The summed E-state index contributed by atoms with van der Waals surface area (Å²) >= 11 is 5.80. The summed E-state index contributed by atoms with van der Waals surface area (Å²) in [5.74, 6) is 0.659. The molecule has 0 saturated heterocycles. The Morgan fingerprint density at radius 3 is 2.50 bits per heavy atom. The monoisotopic (exact) mass is 291 g/mol. The van der Waals surface area contributed by atoms with Gasteiger partial charge in [0.05, 0.1) is 17.4 Å². The predicted octanol–water partition coefficient (Wildman–Crippen LogP) is 2.40. The second-order valence-electron chi connectivity index (χ2n) is 4.03. The summed E-state index contributed by atoms with van der Waals surface area (Å²) in [6, 6.07) is 9.63. The zero-order chi connectivity index (χ0) is 14.4. The number of benzene rings is 1. The minimum Gasteiger partial charge on any atom is -0.409 e. The molecule has 1 aromatic heterocycles. The molecule has 3 N–H and O–H groups in total. The van der Waals surface area contributed by atoms with E-state index in [0.29, 0.717) is 23.9 Å². The summed E-state index contributed by atoms with van der Waals surface area (Å²) in [6.45, 7) is 0.488. The van der Waals surface area contributed by atoms with E-state index < -0.39 is 0 Å². The summed E-state index contributed by atoms with van der Waals surface area (Å²) in [7, 11) is 0. The number of halogens is 1. The van der Waals surface area contributed by atoms with Crippen molar-refractivity contribution in [3.05, 3.63) is 47.7 Å². The van der Waals surface area contributed by atoms with E-state index in [9.17, 15) is 0 Å². The van der Waals surface area contributed by atoms with Crippen molar-refractivity contribution in [1.82, 2.24) is 9.97 Å². The molecule has 0 bridgehead atoms. The highest BCUT2D eigenvalue weighted by Gasteiger charge is 2.12. The fraction of sp³-hybridized carbons (Fsp3) is 0.154. The number of nitrogens with zero attached hydrogens (tertiary/aromatic N) is 4. The molecule has 0 fully saturated rings. The molecule has 1 heterocycles. The summed E-state index contributed by atoms with van der Waals surface area (Å²) in [5.41, 5.74) is 6.43. The van der Waals surface area contributed by atoms with Gasteiger partial charge in [-0.3, -0.25) is 0 Å². The van der Waals surface area contributed by atoms with Crippen molar-refractivity contribution in [2.75, 3.05) is 11.4 Å². The third kappa shape index (κ3) is 3.58. The molecule has 6 nitrogen and oxygen atoms in total. The number of rotatable bonds is 5. The lowest BCUT2D eigenvalue weighted by Gasteiger charge is -2.22. The van der Waals surface area contributed by atoms with Gasteiger partial charge in [0.1, 0.15) is 5.84 Å². The smallest absolute Gasteiger partial charge is 0.229 e. The van der Waals surface area contributed by atoms with Gasteiger partial charge >= 0.3 is 0 Å². The maximum Gasteiger partial charge on any atom is 0.229 e. The summed E-state index contributed by atoms with van der Waals surface area (Å²) in [5, 5.41) is 12.1. The van der Waals surface area contributed by atoms with Crippen molar-refractivity contribution in [2.45, 2.75) is 6.42 Å². The van der Waals surface area contributed by atoms with Gasteiger partial charge in [-0.15, -0.1) is 0 Å². The number of para-hydroxylation sites is 1. The molecule has 0 aliphatic rings. The van der Waals surface area contributed by atoms with Crippen LogP contribution in [0.25, 0.3) is 0 Å².